The van der Waals surface area contributed by atoms with Gasteiger partial charge in [-0.3, -0.25) is 9.48 Å². The Morgan fingerprint density at radius 1 is 1.26 bits per heavy atom. The molecular formula is C21H26N4OS. The van der Waals surface area contributed by atoms with Crippen molar-refractivity contribution < 1.29 is 4.79 Å². The normalized spacial score (nSPS) is 11.3. The molecule has 0 radical (unpaired) electrons. The number of carbonyl (C=O) groups is 1. The fourth-order valence-electron chi connectivity index (χ4n) is 3.08. The molecule has 5 nitrogen and oxygen atoms in total. The molecule has 142 valence electrons. The summed E-state index contributed by atoms with van der Waals surface area (Å²) in [4.78, 5) is 19.4. The molecule has 0 atom stereocenters. The lowest BCUT2D eigenvalue weighted by molar-refractivity contribution is -0.130. The first-order valence-corrected chi connectivity index (χ1v) is 10.1. The van der Waals surface area contributed by atoms with Crippen molar-refractivity contribution in [1.82, 2.24) is 19.7 Å². The molecule has 3 rings (SSSR count). The van der Waals surface area contributed by atoms with E-state index in [0.29, 0.717) is 12.3 Å². The smallest absolute Gasteiger partial charge is 0.233 e. The Labute approximate surface area is 164 Å². The van der Waals surface area contributed by atoms with Crippen molar-refractivity contribution in [3.8, 4) is 0 Å². The van der Waals surface area contributed by atoms with Gasteiger partial charge in [-0.05, 0) is 51.5 Å². The highest BCUT2D eigenvalue weighted by molar-refractivity contribution is 7.99. The standard InChI is InChI=1S/C21H26N4OS/c1-14(2)25(12-17-10-22-24(5)11-17)21(26)13-27-20-9-16(4)18-8-15(3)6-7-19(18)23-20/h6-11,14H,12-13H2,1-5H3. The van der Waals surface area contributed by atoms with Gasteiger partial charge in [0.1, 0.15) is 0 Å². The second-order valence-corrected chi connectivity index (χ2v) is 8.22. The fraction of sp³-hybridized carbons (Fsp3) is 0.381. The van der Waals surface area contributed by atoms with E-state index in [1.165, 1.54) is 28.3 Å². The second-order valence-electron chi connectivity index (χ2n) is 7.22. The topological polar surface area (TPSA) is 51.0 Å². The van der Waals surface area contributed by atoms with Crippen LogP contribution >= 0.6 is 11.8 Å². The number of hydrogen-bond acceptors (Lipinski definition) is 4. The molecule has 0 fully saturated rings. The summed E-state index contributed by atoms with van der Waals surface area (Å²) in [6, 6.07) is 8.48. The predicted octanol–water partition coefficient (Wildman–Crippen LogP) is 4.11. The van der Waals surface area contributed by atoms with Gasteiger partial charge in [0.15, 0.2) is 0 Å². The van der Waals surface area contributed by atoms with Crippen LogP contribution in [0.2, 0.25) is 0 Å². The number of benzene rings is 1. The van der Waals surface area contributed by atoms with Crippen LogP contribution < -0.4 is 0 Å². The number of carbonyl (C=O) groups excluding carboxylic acids is 1. The Morgan fingerprint density at radius 2 is 2.04 bits per heavy atom. The van der Waals surface area contributed by atoms with E-state index in [4.69, 9.17) is 4.98 Å². The van der Waals surface area contributed by atoms with Crippen LogP contribution in [0.25, 0.3) is 10.9 Å². The van der Waals surface area contributed by atoms with Crippen LogP contribution in [-0.2, 0) is 18.4 Å². The molecule has 1 aromatic carbocycles. The average Bonchev–Trinajstić information content (AvgIpc) is 3.03. The van der Waals surface area contributed by atoms with E-state index in [0.717, 1.165) is 16.1 Å². The van der Waals surface area contributed by atoms with E-state index in [1.807, 2.05) is 44.3 Å². The van der Waals surface area contributed by atoms with Gasteiger partial charge >= 0.3 is 0 Å². The lowest BCUT2D eigenvalue weighted by atomic mass is 10.1. The van der Waals surface area contributed by atoms with Crippen molar-refractivity contribution in [3.05, 3.63) is 53.3 Å². The van der Waals surface area contributed by atoms with Crippen molar-refractivity contribution in [3.63, 3.8) is 0 Å². The van der Waals surface area contributed by atoms with E-state index in [-0.39, 0.29) is 11.9 Å². The van der Waals surface area contributed by atoms with Crippen LogP contribution in [0.5, 0.6) is 0 Å². The molecular weight excluding hydrogens is 356 g/mol. The summed E-state index contributed by atoms with van der Waals surface area (Å²) in [6.45, 7) is 8.84. The lowest BCUT2D eigenvalue weighted by Crippen LogP contribution is -2.37. The van der Waals surface area contributed by atoms with Gasteiger partial charge in [-0.2, -0.15) is 5.10 Å². The molecule has 3 aromatic rings. The number of aromatic nitrogens is 3. The molecule has 2 aromatic heterocycles. The first-order chi connectivity index (χ1) is 12.8. The minimum atomic E-state index is 0.113. The van der Waals surface area contributed by atoms with Gasteiger partial charge in [-0.15, -0.1) is 0 Å². The summed E-state index contributed by atoms with van der Waals surface area (Å²) in [7, 11) is 1.89. The molecule has 2 heterocycles. The van der Waals surface area contributed by atoms with E-state index in [1.54, 1.807) is 4.68 Å². The Bertz CT molecular complexity index is 964. The Morgan fingerprint density at radius 3 is 2.70 bits per heavy atom. The third kappa shape index (κ3) is 4.69. The van der Waals surface area contributed by atoms with Crippen LogP contribution in [0.4, 0.5) is 0 Å². The maximum absolute atomic E-state index is 12.8. The number of amides is 1. The molecule has 0 aliphatic carbocycles. The van der Waals surface area contributed by atoms with Crippen molar-refractivity contribution in [1.29, 1.82) is 0 Å². The molecule has 6 heteroatoms. The minimum Gasteiger partial charge on any atom is -0.335 e. The van der Waals surface area contributed by atoms with Crippen molar-refractivity contribution >= 4 is 28.6 Å². The van der Waals surface area contributed by atoms with Gasteiger partial charge in [0.25, 0.3) is 0 Å². The van der Waals surface area contributed by atoms with E-state index < -0.39 is 0 Å². The highest BCUT2D eigenvalue weighted by Gasteiger charge is 2.18. The van der Waals surface area contributed by atoms with Crippen molar-refractivity contribution in [2.24, 2.45) is 7.05 Å². The van der Waals surface area contributed by atoms with Gasteiger partial charge in [0, 0.05) is 36.8 Å². The van der Waals surface area contributed by atoms with Crippen molar-refractivity contribution in [2.75, 3.05) is 5.75 Å². The SMILES string of the molecule is Cc1ccc2nc(SCC(=O)N(Cc3cnn(C)c3)C(C)C)cc(C)c2c1. The summed E-state index contributed by atoms with van der Waals surface area (Å²) in [5, 5.41) is 6.25. The molecule has 0 saturated heterocycles. The van der Waals surface area contributed by atoms with Gasteiger partial charge in [-0.25, -0.2) is 4.98 Å². The summed E-state index contributed by atoms with van der Waals surface area (Å²) < 4.78 is 1.76. The highest BCUT2D eigenvalue weighted by atomic mass is 32.2. The fourth-order valence-corrected chi connectivity index (χ4v) is 3.94. The molecule has 0 saturated carbocycles. The van der Waals surface area contributed by atoms with Crippen LogP contribution in [0.1, 0.15) is 30.5 Å². The lowest BCUT2D eigenvalue weighted by Gasteiger charge is -2.26. The van der Waals surface area contributed by atoms with Crippen LogP contribution in [-0.4, -0.2) is 37.4 Å². The average molecular weight is 383 g/mol. The highest BCUT2D eigenvalue weighted by Crippen LogP contribution is 2.25. The first kappa shape index (κ1) is 19.4. The molecule has 1 amide bonds. The molecule has 0 unspecified atom stereocenters. The van der Waals surface area contributed by atoms with Crippen LogP contribution in [0.15, 0.2) is 41.7 Å². The number of fused-ring (bicyclic) bond motifs is 1. The number of thioether (sulfide) groups is 1. The summed E-state index contributed by atoms with van der Waals surface area (Å²) >= 11 is 1.50. The zero-order chi connectivity index (χ0) is 19.6. The number of aryl methyl sites for hydroxylation is 3. The second kappa shape index (κ2) is 8.13. The molecule has 0 spiro atoms. The Balaban J connectivity index is 1.71. The molecule has 27 heavy (non-hydrogen) atoms. The summed E-state index contributed by atoms with van der Waals surface area (Å²) in [6.07, 6.45) is 3.76. The van der Waals surface area contributed by atoms with Gasteiger partial charge in [-0.1, -0.05) is 23.4 Å². The van der Waals surface area contributed by atoms with E-state index in [9.17, 15) is 4.79 Å². The third-order valence-electron chi connectivity index (χ3n) is 4.55. The maximum Gasteiger partial charge on any atom is 0.233 e. The van der Waals surface area contributed by atoms with Gasteiger partial charge in [0.05, 0.1) is 22.5 Å². The molecule has 0 bridgehead atoms. The van der Waals surface area contributed by atoms with Crippen molar-refractivity contribution in [2.45, 2.75) is 45.3 Å². The Hall–Kier alpha value is -2.34. The molecule has 0 N–H and O–H groups in total. The summed E-state index contributed by atoms with van der Waals surface area (Å²) in [5.74, 6) is 0.490. The van der Waals surface area contributed by atoms with E-state index >= 15 is 0 Å². The largest absolute Gasteiger partial charge is 0.335 e. The number of nitrogens with zero attached hydrogens (tertiary/aromatic N) is 4. The van der Waals surface area contributed by atoms with Crippen LogP contribution in [0, 0.1) is 13.8 Å². The quantitative estimate of drug-likeness (QED) is 0.602. The van der Waals surface area contributed by atoms with E-state index in [2.05, 4.69) is 37.1 Å². The summed E-state index contributed by atoms with van der Waals surface area (Å²) in [5.41, 5.74) is 4.44. The van der Waals surface area contributed by atoms with Gasteiger partial charge < -0.3 is 4.90 Å². The maximum atomic E-state index is 12.8. The number of rotatable bonds is 6. The van der Waals surface area contributed by atoms with Gasteiger partial charge in [0.2, 0.25) is 5.91 Å². The molecule has 0 aliphatic heterocycles. The Kier molecular flexibility index (Phi) is 5.85. The zero-order valence-corrected chi connectivity index (χ0v) is 17.4. The van der Waals surface area contributed by atoms with Crippen LogP contribution in [0.3, 0.4) is 0 Å². The third-order valence-corrected chi connectivity index (χ3v) is 5.44. The minimum absolute atomic E-state index is 0.113. The number of pyridine rings is 1. The number of hydrogen-bond donors (Lipinski definition) is 0. The first-order valence-electron chi connectivity index (χ1n) is 9.11. The zero-order valence-electron chi connectivity index (χ0n) is 16.6. The molecule has 0 aliphatic rings. The monoisotopic (exact) mass is 382 g/mol. The predicted molar refractivity (Wildman–Crippen MR) is 111 cm³/mol.